The van der Waals surface area contributed by atoms with Gasteiger partial charge in [-0.25, -0.2) is 4.98 Å². The first-order valence-electron chi connectivity index (χ1n) is 8.83. The van der Waals surface area contributed by atoms with Crippen molar-refractivity contribution in [3.8, 4) is 11.3 Å². The summed E-state index contributed by atoms with van der Waals surface area (Å²) in [7, 11) is 4.01. The third kappa shape index (κ3) is 2.96. The van der Waals surface area contributed by atoms with E-state index in [1.165, 1.54) is 5.56 Å². The van der Waals surface area contributed by atoms with Crippen LogP contribution in [0, 0.1) is 0 Å². The topological polar surface area (TPSA) is 47.7 Å². The summed E-state index contributed by atoms with van der Waals surface area (Å²) in [5.41, 5.74) is 5.75. The number of aromatic nitrogens is 4. The fourth-order valence-corrected chi connectivity index (χ4v) is 3.25. The maximum absolute atomic E-state index is 4.58. The van der Waals surface area contributed by atoms with Gasteiger partial charge in [0.1, 0.15) is 5.82 Å². The highest BCUT2D eigenvalue weighted by Crippen LogP contribution is 2.29. The monoisotopic (exact) mass is 345 g/mol. The van der Waals surface area contributed by atoms with E-state index in [1.807, 2.05) is 30.3 Å². The van der Waals surface area contributed by atoms with Crippen LogP contribution >= 0.6 is 0 Å². The summed E-state index contributed by atoms with van der Waals surface area (Å²) >= 11 is 0. The van der Waals surface area contributed by atoms with Crippen LogP contribution in [-0.2, 0) is 14.1 Å². The molecule has 5 heteroatoms. The number of aryl methyl sites for hydroxylation is 2. The summed E-state index contributed by atoms with van der Waals surface area (Å²) in [4.78, 5) is 4.58. The van der Waals surface area contributed by atoms with Gasteiger partial charge in [-0.05, 0) is 29.7 Å². The van der Waals surface area contributed by atoms with Gasteiger partial charge in [-0.15, -0.1) is 0 Å². The van der Waals surface area contributed by atoms with Crippen molar-refractivity contribution in [3.05, 3.63) is 60.6 Å². The van der Waals surface area contributed by atoms with Crippen LogP contribution in [0.2, 0.25) is 0 Å². The Bertz CT molecular complexity index is 1070. The predicted octanol–water partition coefficient (Wildman–Crippen LogP) is 4.84. The van der Waals surface area contributed by atoms with Crippen molar-refractivity contribution in [1.29, 1.82) is 0 Å². The second-order valence-electron chi connectivity index (χ2n) is 7.02. The fraction of sp³-hybridized carbons (Fsp3) is 0.238. The molecule has 1 N–H and O–H groups in total. The smallest absolute Gasteiger partial charge is 0.132 e. The number of benzene rings is 1. The van der Waals surface area contributed by atoms with Crippen LogP contribution in [0.4, 0.5) is 11.5 Å². The SMILES string of the molecule is CC(C)c1cccc(Nc2cc3c(cn2)cc(-c2cnn(C)c2)n3C)c1. The molecule has 1 aromatic carbocycles. The summed E-state index contributed by atoms with van der Waals surface area (Å²) in [6.07, 6.45) is 5.83. The molecule has 0 saturated heterocycles. The molecule has 132 valence electrons. The fourth-order valence-electron chi connectivity index (χ4n) is 3.25. The summed E-state index contributed by atoms with van der Waals surface area (Å²) in [5, 5.41) is 8.82. The molecule has 26 heavy (non-hydrogen) atoms. The molecule has 0 bridgehead atoms. The molecule has 0 atom stereocenters. The van der Waals surface area contributed by atoms with Crippen LogP contribution < -0.4 is 5.32 Å². The van der Waals surface area contributed by atoms with Crippen LogP contribution in [0.5, 0.6) is 0 Å². The van der Waals surface area contributed by atoms with E-state index >= 15 is 0 Å². The van der Waals surface area contributed by atoms with Gasteiger partial charge in [0.05, 0.1) is 17.4 Å². The van der Waals surface area contributed by atoms with E-state index in [1.54, 1.807) is 0 Å². The van der Waals surface area contributed by atoms with Crippen molar-refractivity contribution >= 4 is 22.4 Å². The van der Waals surface area contributed by atoms with Gasteiger partial charge in [-0.1, -0.05) is 26.0 Å². The van der Waals surface area contributed by atoms with E-state index in [-0.39, 0.29) is 0 Å². The van der Waals surface area contributed by atoms with Crippen molar-refractivity contribution < 1.29 is 0 Å². The molecular formula is C21H23N5. The first-order chi connectivity index (χ1) is 12.5. The summed E-state index contributed by atoms with van der Waals surface area (Å²) in [5.74, 6) is 1.35. The van der Waals surface area contributed by atoms with Gasteiger partial charge in [0.15, 0.2) is 0 Å². The average Bonchev–Trinajstić information content (AvgIpc) is 3.19. The average molecular weight is 345 g/mol. The first kappa shape index (κ1) is 16.4. The molecule has 0 amide bonds. The van der Waals surface area contributed by atoms with Crippen molar-refractivity contribution in [2.24, 2.45) is 14.1 Å². The molecule has 0 aliphatic rings. The molecule has 4 rings (SSSR count). The number of nitrogens with one attached hydrogen (secondary N) is 1. The number of nitrogens with zero attached hydrogens (tertiary/aromatic N) is 4. The largest absolute Gasteiger partial charge is 0.343 e. The van der Waals surface area contributed by atoms with Crippen molar-refractivity contribution in [2.75, 3.05) is 5.32 Å². The number of pyridine rings is 1. The number of rotatable bonds is 4. The zero-order valence-electron chi connectivity index (χ0n) is 15.6. The standard InChI is InChI=1S/C21H23N5/c1-14(2)15-6-5-7-18(8-15)24-21-10-20-16(11-22-21)9-19(26(20)4)17-12-23-25(3)13-17/h5-14H,1-4H3,(H,22,24). The Hall–Kier alpha value is -3.08. The molecule has 0 spiro atoms. The Balaban J connectivity index is 1.69. The lowest BCUT2D eigenvalue weighted by molar-refractivity contribution is 0.768. The highest BCUT2D eigenvalue weighted by atomic mass is 15.2. The predicted molar refractivity (Wildman–Crippen MR) is 107 cm³/mol. The quantitative estimate of drug-likeness (QED) is 0.576. The molecule has 3 heterocycles. The first-order valence-corrected chi connectivity index (χ1v) is 8.83. The van der Waals surface area contributed by atoms with Gasteiger partial charge in [-0.3, -0.25) is 4.68 Å². The van der Waals surface area contributed by atoms with Crippen LogP contribution in [0.25, 0.3) is 22.2 Å². The third-order valence-corrected chi connectivity index (χ3v) is 4.75. The van der Waals surface area contributed by atoms with Crippen LogP contribution in [0.3, 0.4) is 0 Å². The molecule has 4 aromatic rings. The second kappa shape index (κ2) is 6.33. The van der Waals surface area contributed by atoms with E-state index in [2.05, 4.69) is 77.3 Å². The normalized spacial score (nSPS) is 11.4. The minimum absolute atomic E-state index is 0.502. The van der Waals surface area contributed by atoms with Crippen molar-refractivity contribution in [3.63, 3.8) is 0 Å². The molecular weight excluding hydrogens is 322 g/mol. The molecule has 0 radical (unpaired) electrons. The highest BCUT2D eigenvalue weighted by Gasteiger charge is 2.11. The summed E-state index contributed by atoms with van der Waals surface area (Å²) in [6, 6.07) is 12.7. The Morgan fingerprint density at radius 1 is 1.04 bits per heavy atom. The van der Waals surface area contributed by atoms with Crippen LogP contribution in [0.1, 0.15) is 25.3 Å². The molecule has 5 nitrogen and oxygen atoms in total. The van der Waals surface area contributed by atoms with Gasteiger partial charge in [0.2, 0.25) is 0 Å². The van der Waals surface area contributed by atoms with Gasteiger partial charge in [-0.2, -0.15) is 5.10 Å². The third-order valence-electron chi connectivity index (χ3n) is 4.75. The lowest BCUT2D eigenvalue weighted by Crippen LogP contribution is -1.96. The van der Waals surface area contributed by atoms with Crippen molar-refractivity contribution in [1.82, 2.24) is 19.3 Å². The Morgan fingerprint density at radius 2 is 1.88 bits per heavy atom. The van der Waals surface area contributed by atoms with Gasteiger partial charge < -0.3 is 9.88 Å². The number of hydrogen-bond acceptors (Lipinski definition) is 3. The minimum Gasteiger partial charge on any atom is -0.343 e. The van der Waals surface area contributed by atoms with Gasteiger partial charge >= 0.3 is 0 Å². The molecule has 0 fully saturated rings. The lowest BCUT2D eigenvalue weighted by atomic mass is 10.0. The minimum atomic E-state index is 0.502. The Labute approximate surface area is 153 Å². The highest BCUT2D eigenvalue weighted by molar-refractivity contribution is 5.88. The van der Waals surface area contributed by atoms with Crippen molar-refractivity contribution in [2.45, 2.75) is 19.8 Å². The van der Waals surface area contributed by atoms with Gasteiger partial charge in [0, 0.05) is 49.2 Å². The maximum atomic E-state index is 4.58. The molecule has 0 unspecified atom stereocenters. The number of anilines is 2. The zero-order chi connectivity index (χ0) is 18.3. The van der Waals surface area contributed by atoms with Crippen LogP contribution in [0.15, 0.2) is 55.0 Å². The summed E-state index contributed by atoms with van der Waals surface area (Å²) < 4.78 is 4.00. The molecule has 3 aromatic heterocycles. The zero-order valence-corrected chi connectivity index (χ0v) is 15.6. The van der Waals surface area contributed by atoms with Gasteiger partial charge in [0.25, 0.3) is 0 Å². The Kier molecular flexibility index (Phi) is 3.99. The number of fused-ring (bicyclic) bond motifs is 1. The van der Waals surface area contributed by atoms with E-state index in [0.717, 1.165) is 33.7 Å². The molecule has 0 aliphatic carbocycles. The maximum Gasteiger partial charge on any atom is 0.132 e. The van der Waals surface area contributed by atoms with Crippen LogP contribution in [-0.4, -0.2) is 19.3 Å². The number of hydrogen-bond donors (Lipinski definition) is 1. The van der Waals surface area contributed by atoms with E-state index in [9.17, 15) is 0 Å². The molecule has 0 aliphatic heterocycles. The molecule has 0 saturated carbocycles. The van der Waals surface area contributed by atoms with E-state index in [4.69, 9.17) is 0 Å². The Morgan fingerprint density at radius 3 is 2.62 bits per heavy atom. The lowest BCUT2D eigenvalue weighted by Gasteiger charge is -2.10. The van der Waals surface area contributed by atoms with E-state index in [0.29, 0.717) is 5.92 Å². The van der Waals surface area contributed by atoms with E-state index < -0.39 is 0 Å². The second-order valence-corrected chi connectivity index (χ2v) is 7.02. The summed E-state index contributed by atoms with van der Waals surface area (Å²) in [6.45, 7) is 4.40.